The lowest BCUT2D eigenvalue weighted by Gasteiger charge is -2.14. The summed E-state index contributed by atoms with van der Waals surface area (Å²) < 4.78 is 30.0. The van der Waals surface area contributed by atoms with Crippen LogP contribution in [0, 0.1) is 17.6 Å². The molecule has 4 aromatic rings. The van der Waals surface area contributed by atoms with Crippen molar-refractivity contribution in [3.05, 3.63) is 63.8 Å². The number of hydrogen-bond acceptors (Lipinski definition) is 4. The predicted octanol–water partition coefficient (Wildman–Crippen LogP) is 3.86. The molecule has 1 N–H and O–H groups in total. The second kappa shape index (κ2) is 7.51. The standard InChI is InChI=1S/C22H23F2N5O/c1-12(2)9-17-26-21-16(28(3)4)7-8-25-22(21)29(17)11-13-10-18(30)27-20-14(13)5-6-15(23)19(20)24/h5-8,10,12H,9,11H2,1-4H3,(H,27,30). The van der Waals surface area contributed by atoms with E-state index in [9.17, 15) is 13.6 Å². The fraction of sp³-hybridized carbons (Fsp3) is 0.318. The molecule has 0 bridgehead atoms. The van der Waals surface area contributed by atoms with Crippen molar-refractivity contribution in [1.29, 1.82) is 0 Å². The molecule has 1 aromatic carbocycles. The molecule has 0 unspecified atom stereocenters. The van der Waals surface area contributed by atoms with Crippen molar-refractivity contribution in [1.82, 2.24) is 19.5 Å². The lowest BCUT2D eigenvalue weighted by atomic mass is 10.1. The molecule has 156 valence electrons. The summed E-state index contributed by atoms with van der Waals surface area (Å²) in [5, 5.41) is 0.453. The summed E-state index contributed by atoms with van der Waals surface area (Å²) in [5.74, 6) is -0.873. The molecule has 8 heteroatoms. The van der Waals surface area contributed by atoms with Gasteiger partial charge in [0.2, 0.25) is 5.56 Å². The molecular weight excluding hydrogens is 388 g/mol. The highest BCUT2D eigenvalue weighted by Crippen LogP contribution is 2.28. The Labute approximate surface area is 172 Å². The first-order chi connectivity index (χ1) is 14.3. The molecule has 30 heavy (non-hydrogen) atoms. The maximum atomic E-state index is 14.3. The second-order valence-corrected chi connectivity index (χ2v) is 8.05. The molecule has 3 aromatic heterocycles. The molecule has 6 nitrogen and oxygen atoms in total. The van der Waals surface area contributed by atoms with E-state index in [4.69, 9.17) is 4.98 Å². The summed E-state index contributed by atoms with van der Waals surface area (Å²) >= 11 is 0. The van der Waals surface area contributed by atoms with Gasteiger partial charge in [-0.15, -0.1) is 0 Å². The van der Waals surface area contributed by atoms with Gasteiger partial charge in [0.15, 0.2) is 17.3 Å². The highest BCUT2D eigenvalue weighted by Gasteiger charge is 2.19. The maximum Gasteiger partial charge on any atom is 0.248 e. The van der Waals surface area contributed by atoms with E-state index in [0.29, 0.717) is 28.9 Å². The molecule has 0 fully saturated rings. The van der Waals surface area contributed by atoms with Crippen molar-refractivity contribution in [3.63, 3.8) is 0 Å². The quantitative estimate of drug-likeness (QED) is 0.542. The summed E-state index contributed by atoms with van der Waals surface area (Å²) in [6.07, 6.45) is 2.44. The Kier molecular flexibility index (Phi) is 5.01. The van der Waals surface area contributed by atoms with Gasteiger partial charge >= 0.3 is 0 Å². The largest absolute Gasteiger partial charge is 0.376 e. The molecule has 3 heterocycles. The first-order valence-corrected chi connectivity index (χ1v) is 9.77. The monoisotopic (exact) mass is 411 g/mol. The first-order valence-electron chi connectivity index (χ1n) is 9.77. The SMILES string of the molecule is CC(C)Cc1nc2c(N(C)C)ccnc2n1Cc1cc(=O)[nH]c2c(F)c(F)ccc12. The molecule has 0 aliphatic carbocycles. The number of H-pyrrole nitrogens is 1. The lowest BCUT2D eigenvalue weighted by molar-refractivity contribution is 0.515. The number of nitrogens with one attached hydrogen (secondary N) is 1. The number of pyridine rings is 2. The highest BCUT2D eigenvalue weighted by atomic mass is 19.2. The zero-order valence-electron chi connectivity index (χ0n) is 17.3. The average Bonchev–Trinajstić information content (AvgIpc) is 3.01. The van der Waals surface area contributed by atoms with Gasteiger partial charge in [0.05, 0.1) is 17.7 Å². The lowest BCUT2D eigenvalue weighted by Crippen LogP contribution is -2.13. The van der Waals surface area contributed by atoms with Crippen molar-refractivity contribution < 1.29 is 8.78 Å². The van der Waals surface area contributed by atoms with Crippen LogP contribution in [0.3, 0.4) is 0 Å². The number of anilines is 1. The molecule has 0 saturated carbocycles. The zero-order chi connectivity index (χ0) is 21.6. The number of rotatable bonds is 5. The Morgan fingerprint density at radius 3 is 2.67 bits per heavy atom. The molecule has 0 aliphatic rings. The van der Waals surface area contributed by atoms with E-state index in [2.05, 4.69) is 23.8 Å². The number of benzene rings is 1. The van der Waals surface area contributed by atoms with Crippen molar-refractivity contribution in [2.75, 3.05) is 19.0 Å². The Bertz CT molecular complexity index is 1310. The van der Waals surface area contributed by atoms with E-state index in [1.54, 1.807) is 6.20 Å². The minimum absolute atomic E-state index is 0.130. The molecule has 0 amide bonds. The average molecular weight is 411 g/mol. The van der Waals surface area contributed by atoms with Crippen LogP contribution in [0.1, 0.15) is 25.2 Å². The molecule has 0 aliphatic heterocycles. The van der Waals surface area contributed by atoms with Crippen LogP contribution in [-0.2, 0) is 13.0 Å². The van der Waals surface area contributed by atoms with Crippen molar-refractivity contribution in [3.8, 4) is 0 Å². The predicted molar refractivity (Wildman–Crippen MR) is 114 cm³/mol. The molecule has 4 rings (SSSR count). The summed E-state index contributed by atoms with van der Waals surface area (Å²) in [7, 11) is 3.88. The summed E-state index contributed by atoms with van der Waals surface area (Å²) in [4.78, 5) is 25.9. The van der Waals surface area contributed by atoms with Gasteiger partial charge in [-0.1, -0.05) is 13.8 Å². The van der Waals surface area contributed by atoms with E-state index in [-0.39, 0.29) is 12.1 Å². The smallest absolute Gasteiger partial charge is 0.248 e. The normalized spacial score (nSPS) is 11.7. The zero-order valence-corrected chi connectivity index (χ0v) is 17.3. The summed E-state index contributed by atoms with van der Waals surface area (Å²) in [6.45, 7) is 4.48. The number of fused-ring (bicyclic) bond motifs is 2. The molecule has 0 atom stereocenters. The minimum Gasteiger partial charge on any atom is -0.376 e. The first kappa shape index (κ1) is 20.0. The molecule has 0 radical (unpaired) electrons. The van der Waals surface area contributed by atoms with Crippen molar-refractivity contribution in [2.24, 2.45) is 5.92 Å². The number of halogens is 2. The topological polar surface area (TPSA) is 66.8 Å². The fourth-order valence-electron chi connectivity index (χ4n) is 3.73. The van der Waals surface area contributed by atoms with E-state index in [1.165, 1.54) is 12.1 Å². The van der Waals surface area contributed by atoms with Crippen LogP contribution in [0.2, 0.25) is 0 Å². The van der Waals surface area contributed by atoms with Crippen LogP contribution >= 0.6 is 0 Å². The van der Waals surface area contributed by atoms with Crippen LogP contribution in [0.5, 0.6) is 0 Å². The van der Waals surface area contributed by atoms with Gasteiger partial charge in [-0.2, -0.15) is 0 Å². The third-order valence-corrected chi connectivity index (χ3v) is 5.09. The third kappa shape index (κ3) is 3.42. The van der Waals surface area contributed by atoms with Crippen molar-refractivity contribution in [2.45, 2.75) is 26.8 Å². The van der Waals surface area contributed by atoms with Crippen LogP contribution in [0.25, 0.3) is 22.1 Å². The Balaban J connectivity index is 1.95. The van der Waals surface area contributed by atoms with Crippen LogP contribution in [-0.4, -0.2) is 33.6 Å². The van der Waals surface area contributed by atoms with Crippen LogP contribution in [0.15, 0.2) is 35.3 Å². The Hall–Kier alpha value is -3.29. The van der Waals surface area contributed by atoms with Gasteiger partial charge in [-0.3, -0.25) is 4.79 Å². The van der Waals surface area contributed by atoms with Gasteiger partial charge in [0, 0.05) is 38.2 Å². The minimum atomic E-state index is -1.06. The van der Waals surface area contributed by atoms with Gasteiger partial charge in [0.25, 0.3) is 0 Å². The summed E-state index contributed by atoms with van der Waals surface area (Å²) in [6, 6.07) is 5.88. The van der Waals surface area contributed by atoms with Crippen molar-refractivity contribution >= 4 is 27.8 Å². The number of aromatic nitrogens is 4. The molecular formula is C22H23F2N5O. The Morgan fingerprint density at radius 2 is 1.97 bits per heavy atom. The second-order valence-electron chi connectivity index (χ2n) is 8.05. The summed E-state index contributed by atoms with van der Waals surface area (Å²) in [5.41, 5.74) is 2.35. The van der Waals surface area contributed by atoms with Gasteiger partial charge in [-0.05, 0) is 29.7 Å². The molecule has 0 saturated heterocycles. The van der Waals surface area contributed by atoms with Gasteiger partial charge in [-0.25, -0.2) is 18.7 Å². The Morgan fingerprint density at radius 1 is 1.20 bits per heavy atom. The van der Waals surface area contributed by atoms with Crippen LogP contribution in [0.4, 0.5) is 14.5 Å². The number of aromatic amines is 1. The highest BCUT2D eigenvalue weighted by molar-refractivity contribution is 5.87. The number of imidazole rings is 1. The van der Waals surface area contributed by atoms with E-state index >= 15 is 0 Å². The van der Waals surface area contributed by atoms with E-state index < -0.39 is 17.2 Å². The number of hydrogen-bond donors (Lipinski definition) is 1. The van der Waals surface area contributed by atoms with Gasteiger partial charge < -0.3 is 14.5 Å². The maximum absolute atomic E-state index is 14.3. The number of nitrogens with zero attached hydrogens (tertiary/aromatic N) is 4. The van der Waals surface area contributed by atoms with Gasteiger partial charge in [0.1, 0.15) is 11.3 Å². The van der Waals surface area contributed by atoms with E-state index in [1.807, 2.05) is 29.6 Å². The van der Waals surface area contributed by atoms with Crippen LogP contribution < -0.4 is 10.5 Å². The molecule has 0 spiro atoms. The third-order valence-electron chi connectivity index (χ3n) is 5.09. The fourth-order valence-corrected chi connectivity index (χ4v) is 3.73. The van der Waals surface area contributed by atoms with E-state index in [0.717, 1.165) is 23.1 Å².